The number of unbranched alkanes of at least 4 members (excludes halogenated alkanes) is 1. The van der Waals surface area contributed by atoms with Gasteiger partial charge < -0.3 is 5.11 Å². The summed E-state index contributed by atoms with van der Waals surface area (Å²) in [7, 11) is 0. The van der Waals surface area contributed by atoms with Crippen molar-refractivity contribution in [3.63, 3.8) is 0 Å². The Labute approximate surface area is 112 Å². The lowest BCUT2D eigenvalue weighted by molar-refractivity contribution is -0.136. The Morgan fingerprint density at radius 3 is 2.39 bits per heavy atom. The quantitative estimate of drug-likeness (QED) is 0.576. The largest absolute Gasteiger partial charge is 0.481 e. The van der Waals surface area contributed by atoms with Gasteiger partial charge in [0.25, 0.3) is 0 Å². The van der Waals surface area contributed by atoms with Crippen LogP contribution in [0.2, 0.25) is 0 Å². The number of carbonyl (C=O) groups is 2. The molecule has 4 heteroatoms. The molecule has 0 heterocycles. The van der Waals surface area contributed by atoms with Crippen molar-refractivity contribution in [3.05, 3.63) is 29.8 Å². The first-order chi connectivity index (χ1) is 8.63. The number of benzene rings is 1. The monoisotopic (exact) mass is 266 g/mol. The minimum atomic E-state index is -0.783. The number of carbonyl (C=O) groups excluding carboxylic acids is 1. The number of thioether (sulfide) groups is 1. The van der Waals surface area contributed by atoms with Gasteiger partial charge in [0.2, 0.25) is 0 Å². The molecule has 1 aromatic carbocycles. The second-order valence-electron chi connectivity index (χ2n) is 4.04. The van der Waals surface area contributed by atoms with Gasteiger partial charge in [-0.1, -0.05) is 25.5 Å². The highest BCUT2D eigenvalue weighted by atomic mass is 32.2. The van der Waals surface area contributed by atoms with Gasteiger partial charge in [0.05, 0.1) is 6.42 Å². The van der Waals surface area contributed by atoms with Crippen molar-refractivity contribution >= 4 is 23.5 Å². The number of rotatable bonds is 8. The third-order valence-electron chi connectivity index (χ3n) is 2.52. The number of hydrogen-bond acceptors (Lipinski definition) is 3. The Morgan fingerprint density at radius 2 is 1.83 bits per heavy atom. The molecule has 1 N–H and O–H groups in total. The molecule has 3 nitrogen and oxygen atoms in total. The molecule has 18 heavy (non-hydrogen) atoms. The Balaban J connectivity index is 2.46. The molecule has 0 atom stereocenters. The summed E-state index contributed by atoms with van der Waals surface area (Å²) >= 11 is 1.49. The summed E-state index contributed by atoms with van der Waals surface area (Å²) in [5, 5.41) is 8.53. The van der Waals surface area contributed by atoms with Crippen LogP contribution in [0.15, 0.2) is 29.2 Å². The second kappa shape index (κ2) is 7.93. The molecule has 0 unspecified atom stereocenters. The Hall–Kier alpha value is -1.29. The number of carboxylic acid groups (broad SMARTS) is 1. The van der Waals surface area contributed by atoms with Gasteiger partial charge in [-0.3, -0.25) is 9.59 Å². The topological polar surface area (TPSA) is 54.4 Å². The lowest BCUT2D eigenvalue weighted by atomic mass is 10.1. The van der Waals surface area contributed by atoms with Gasteiger partial charge in [-0.25, -0.2) is 0 Å². The number of aliphatic carboxylic acids is 1. The van der Waals surface area contributed by atoms with Crippen LogP contribution in [0, 0.1) is 0 Å². The van der Waals surface area contributed by atoms with Gasteiger partial charge in [-0.05, 0) is 18.6 Å². The minimum Gasteiger partial charge on any atom is -0.481 e. The van der Waals surface area contributed by atoms with E-state index in [0.717, 1.165) is 23.3 Å². The van der Waals surface area contributed by atoms with Crippen LogP contribution in [0.3, 0.4) is 0 Å². The van der Waals surface area contributed by atoms with Crippen LogP contribution in [0.25, 0.3) is 0 Å². The molecule has 0 saturated heterocycles. The molecule has 0 amide bonds. The number of Topliss-reactive ketones (excluding diaryl/α,β-unsaturated/α-hetero) is 1. The van der Waals surface area contributed by atoms with Crippen molar-refractivity contribution in [1.29, 1.82) is 0 Å². The van der Waals surface area contributed by atoms with Crippen LogP contribution in [-0.4, -0.2) is 22.6 Å². The first kappa shape index (κ1) is 14.8. The fourth-order valence-corrected chi connectivity index (χ4v) is 2.32. The van der Waals surface area contributed by atoms with Crippen LogP contribution in [0.5, 0.6) is 0 Å². The van der Waals surface area contributed by atoms with Crippen LogP contribution < -0.4 is 0 Å². The molecule has 0 aliphatic carbocycles. The second-order valence-corrected chi connectivity index (χ2v) is 5.21. The molecule has 0 saturated carbocycles. The molecule has 98 valence electrons. The lowest BCUT2D eigenvalue weighted by Crippen LogP contribution is -1.98. The maximum absolute atomic E-state index is 11.7. The molecule has 0 fully saturated rings. The van der Waals surface area contributed by atoms with Gasteiger partial charge in [0.15, 0.2) is 5.78 Å². The first-order valence-electron chi connectivity index (χ1n) is 6.11. The van der Waals surface area contributed by atoms with E-state index in [4.69, 9.17) is 5.11 Å². The van der Waals surface area contributed by atoms with E-state index in [1.807, 2.05) is 24.3 Å². The molecule has 1 aromatic rings. The standard InChI is InChI=1S/C14H18O3S/c1-2-3-4-13(15)11-5-7-12(8-6-11)18-10-9-14(16)17/h5-8H,2-4,9-10H2,1H3,(H,16,17). The van der Waals surface area contributed by atoms with Crippen LogP contribution in [0.4, 0.5) is 0 Å². The fraction of sp³-hybridized carbons (Fsp3) is 0.429. The van der Waals surface area contributed by atoms with E-state index >= 15 is 0 Å². The minimum absolute atomic E-state index is 0.155. The van der Waals surface area contributed by atoms with Gasteiger partial charge in [0, 0.05) is 22.6 Å². The summed E-state index contributed by atoms with van der Waals surface area (Å²) in [6.07, 6.45) is 2.70. The van der Waals surface area contributed by atoms with Gasteiger partial charge in [-0.2, -0.15) is 0 Å². The first-order valence-corrected chi connectivity index (χ1v) is 7.10. The van der Waals surface area contributed by atoms with Gasteiger partial charge in [0.1, 0.15) is 0 Å². The molecular weight excluding hydrogens is 248 g/mol. The van der Waals surface area contributed by atoms with Crippen LogP contribution in [-0.2, 0) is 4.79 Å². The van der Waals surface area contributed by atoms with Crippen LogP contribution >= 0.6 is 11.8 Å². The van der Waals surface area contributed by atoms with E-state index < -0.39 is 5.97 Å². The molecule has 0 bridgehead atoms. The highest BCUT2D eigenvalue weighted by Gasteiger charge is 2.05. The Morgan fingerprint density at radius 1 is 1.17 bits per heavy atom. The SMILES string of the molecule is CCCCC(=O)c1ccc(SCCC(=O)O)cc1. The van der Waals surface area contributed by atoms with Gasteiger partial charge >= 0.3 is 5.97 Å². The highest BCUT2D eigenvalue weighted by Crippen LogP contribution is 2.20. The van der Waals surface area contributed by atoms with Crippen molar-refractivity contribution in [2.24, 2.45) is 0 Å². The third kappa shape index (κ3) is 5.36. The third-order valence-corrected chi connectivity index (χ3v) is 3.53. The zero-order valence-corrected chi connectivity index (χ0v) is 11.3. The summed E-state index contributed by atoms with van der Waals surface area (Å²) in [4.78, 5) is 23.1. The van der Waals surface area contributed by atoms with E-state index in [0.29, 0.717) is 12.2 Å². The smallest absolute Gasteiger partial charge is 0.304 e. The molecule has 0 aromatic heterocycles. The van der Waals surface area contributed by atoms with E-state index in [1.54, 1.807) is 0 Å². The molecule has 0 aliphatic heterocycles. The molecular formula is C14H18O3S. The van der Waals surface area contributed by atoms with E-state index in [2.05, 4.69) is 6.92 Å². The lowest BCUT2D eigenvalue weighted by Gasteiger charge is -2.03. The number of ketones is 1. The van der Waals surface area contributed by atoms with Crippen molar-refractivity contribution in [2.45, 2.75) is 37.5 Å². The fourth-order valence-electron chi connectivity index (χ4n) is 1.47. The van der Waals surface area contributed by atoms with Crippen molar-refractivity contribution in [2.75, 3.05) is 5.75 Å². The Bertz CT molecular complexity index is 398. The summed E-state index contributed by atoms with van der Waals surface area (Å²) in [5.74, 6) is -0.0499. The zero-order chi connectivity index (χ0) is 13.4. The maximum atomic E-state index is 11.7. The highest BCUT2D eigenvalue weighted by molar-refractivity contribution is 7.99. The normalized spacial score (nSPS) is 10.3. The predicted molar refractivity (Wildman–Crippen MR) is 73.3 cm³/mol. The van der Waals surface area contributed by atoms with Crippen molar-refractivity contribution in [1.82, 2.24) is 0 Å². The molecule has 1 rings (SSSR count). The van der Waals surface area contributed by atoms with Crippen molar-refractivity contribution < 1.29 is 14.7 Å². The number of carboxylic acids is 1. The molecule has 0 spiro atoms. The van der Waals surface area contributed by atoms with E-state index in [1.165, 1.54) is 11.8 Å². The summed E-state index contributed by atoms with van der Waals surface area (Å²) in [5.41, 5.74) is 0.742. The average molecular weight is 266 g/mol. The molecule has 0 aliphatic rings. The zero-order valence-electron chi connectivity index (χ0n) is 10.5. The predicted octanol–water partition coefficient (Wildman–Crippen LogP) is 3.63. The average Bonchev–Trinajstić information content (AvgIpc) is 2.36. The van der Waals surface area contributed by atoms with Gasteiger partial charge in [-0.15, -0.1) is 11.8 Å². The van der Waals surface area contributed by atoms with E-state index in [-0.39, 0.29) is 12.2 Å². The summed E-state index contributed by atoms with van der Waals surface area (Å²) in [6, 6.07) is 7.40. The Kier molecular flexibility index (Phi) is 6.50. The summed E-state index contributed by atoms with van der Waals surface area (Å²) < 4.78 is 0. The number of hydrogen-bond donors (Lipinski definition) is 1. The molecule has 0 radical (unpaired) electrons. The van der Waals surface area contributed by atoms with Crippen LogP contribution in [0.1, 0.15) is 43.0 Å². The van der Waals surface area contributed by atoms with E-state index in [9.17, 15) is 9.59 Å². The summed E-state index contributed by atoms with van der Waals surface area (Å²) in [6.45, 7) is 2.06. The maximum Gasteiger partial charge on any atom is 0.304 e. The van der Waals surface area contributed by atoms with Crippen molar-refractivity contribution in [3.8, 4) is 0 Å².